The SMILES string of the molecule is Cc1ccc2ccccc2c1-c1c(CP(C)c2ccccc2Br)ccc2ccccc12. The van der Waals surface area contributed by atoms with E-state index in [0.29, 0.717) is 0 Å². The molecule has 0 nitrogen and oxygen atoms in total. The molecule has 0 amide bonds. The molecule has 5 aromatic carbocycles. The zero-order valence-corrected chi connectivity index (χ0v) is 20.3. The van der Waals surface area contributed by atoms with Crippen LogP contribution in [0.4, 0.5) is 0 Å². The predicted molar refractivity (Wildman–Crippen MR) is 142 cm³/mol. The van der Waals surface area contributed by atoms with Crippen molar-refractivity contribution in [3.63, 3.8) is 0 Å². The third kappa shape index (κ3) is 3.82. The van der Waals surface area contributed by atoms with Crippen molar-refractivity contribution in [2.75, 3.05) is 6.66 Å². The van der Waals surface area contributed by atoms with Gasteiger partial charge in [-0.1, -0.05) is 115 Å². The Morgan fingerprint density at radius 2 is 1.23 bits per heavy atom. The Kier molecular flexibility index (Phi) is 5.65. The lowest BCUT2D eigenvalue weighted by molar-refractivity contribution is 1.40. The summed E-state index contributed by atoms with van der Waals surface area (Å²) in [5.74, 6) is 0. The number of hydrogen-bond acceptors (Lipinski definition) is 0. The highest BCUT2D eigenvalue weighted by Crippen LogP contribution is 2.44. The Bertz CT molecular complexity index is 1400. The van der Waals surface area contributed by atoms with E-state index in [4.69, 9.17) is 0 Å². The first-order valence-electron chi connectivity index (χ1n) is 10.6. The van der Waals surface area contributed by atoms with E-state index in [-0.39, 0.29) is 7.92 Å². The molecule has 0 aromatic heterocycles. The standard InChI is InChI=1S/C29H24BrP/c1-20-15-16-21-9-3-5-11-24(21)28(20)29-23(18-17-22-10-4-6-12-25(22)29)19-31(2)27-14-8-7-13-26(27)30/h3-18H,19H2,1-2H3. The molecule has 0 N–H and O–H groups in total. The summed E-state index contributed by atoms with van der Waals surface area (Å²) in [4.78, 5) is 0. The fourth-order valence-electron chi connectivity index (χ4n) is 4.56. The van der Waals surface area contributed by atoms with Crippen molar-refractivity contribution in [3.8, 4) is 11.1 Å². The molecular weight excluding hydrogens is 459 g/mol. The molecule has 5 aromatic rings. The van der Waals surface area contributed by atoms with E-state index in [1.807, 2.05) is 0 Å². The van der Waals surface area contributed by atoms with E-state index in [9.17, 15) is 0 Å². The van der Waals surface area contributed by atoms with Crippen molar-refractivity contribution in [1.29, 1.82) is 0 Å². The van der Waals surface area contributed by atoms with Crippen molar-refractivity contribution < 1.29 is 0 Å². The molecule has 2 heteroatoms. The lowest BCUT2D eigenvalue weighted by atomic mass is 9.88. The molecule has 1 atom stereocenters. The average Bonchev–Trinajstić information content (AvgIpc) is 2.80. The minimum absolute atomic E-state index is 0.334. The van der Waals surface area contributed by atoms with Gasteiger partial charge in [0.15, 0.2) is 0 Å². The highest BCUT2D eigenvalue weighted by molar-refractivity contribution is 9.10. The lowest BCUT2D eigenvalue weighted by Gasteiger charge is -2.21. The van der Waals surface area contributed by atoms with E-state index < -0.39 is 0 Å². The summed E-state index contributed by atoms with van der Waals surface area (Å²) < 4.78 is 1.22. The maximum absolute atomic E-state index is 3.77. The van der Waals surface area contributed by atoms with E-state index in [2.05, 4.69) is 127 Å². The smallest absolute Gasteiger partial charge is 0.0252 e. The van der Waals surface area contributed by atoms with Crippen LogP contribution in [0, 0.1) is 6.92 Å². The van der Waals surface area contributed by atoms with Gasteiger partial charge in [0.25, 0.3) is 0 Å². The van der Waals surface area contributed by atoms with Gasteiger partial charge in [0.05, 0.1) is 0 Å². The van der Waals surface area contributed by atoms with Gasteiger partial charge in [-0.3, -0.25) is 0 Å². The van der Waals surface area contributed by atoms with Crippen molar-refractivity contribution >= 4 is 50.7 Å². The zero-order chi connectivity index (χ0) is 21.4. The number of benzene rings is 5. The molecule has 0 aliphatic carbocycles. The number of rotatable bonds is 4. The normalized spacial score (nSPS) is 12.4. The second-order valence-electron chi connectivity index (χ2n) is 8.11. The molecule has 5 rings (SSSR count). The van der Waals surface area contributed by atoms with Gasteiger partial charge in [-0.25, -0.2) is 0 Å². The average molecular weight is 483 g/mol. The van der Waals surface area contributed by atoms with Crippen LogP contribution >= 0.6 is 23.9 Å². The van der Waals surface area contributed by atoms with Crippen LogP contribution in [0.2, 0.25) is 0 Å². The van der Waals surface area contributed by atoms with Crippen LogP contribution in [0.1, 0.15) is 11.1 Å². The highest BCUT2D eigenvalue weighted by Gasteiger charge is 2.18. The van der Waals surface area contributed by atoms with Crippen LogP contribution in [0.25, 0.3) is 32.7 Å². The second-order valence-corrected chi connectivity index (χ2v) is 11.2. The van der Waals surface area contributed by atoms with Gasteiger partial charge in [0.2, 0.25) is 0 Å². The molecule has 0 aliphatic heterocycles. The Morgan fingerprint density at radius 1 is 0.645 bits per heavy atom. The first-order valence-corrected chi connectivity index (χ1v) is 13.4. The number of aryl methyl sites for hydroxylation is 1. The molecule has 0 bridgehead atoms. The number of fused-ring (bicyclic) bond motifs is 2. The van der Waals surface area contributed by atoms with Crippen LogP contribution in [0.5, 0.6) is 0 Å². The third-order valence-corrected chi connectivity index (χ3v) is 9.10. The first-order chi connectivity index (χ1) is 15.1. The molecule has 31 heavy (non-hydrogen) atoms. The summed E-state index contributed by atoms with van der Waals surface area (Å²) in [6, 6.07) is 35.4. The van der Waals surface area contributed by atoms with Gasteiger partial charge in [0.1, 0.15) is 0 Å². The summed E-state index contributed by atoms with van der Waals surface area (Å²) in [5.41, 5.74) is 5.54. The van der Waals surface area contributed by atoms with Crippen molar-refractivity contribution in [2.45, 2.75) is 13.1 Å². The minimum Gasteiger partial charge on any atom is -0.0728 e. The van der Waals surface area contributed by atoms with Crippen LogP contribution < -0.4 is 5.30 Å². The molecule has 0 saturated carbocycles. The van der Waals surface area contributed by atoms with E-state index in [1.54, 1.807) is 0 Å². The van der Waals surface area contributed by atoms with Gasteiger partial charge >= 0.3 is 0 Å². The van der Waals surface area contributed by atoms with Gasteiger partial charge < -0.3 is 0 Å². The van der Waals surface area contributed by atoms with Gasteiger partial charge in [0, 0.05) is 4.47 Å². The summed E-state index contributed by atoms with van der Waals surface area (Å²) in [6.45, 7) is 4.64. The quantitative estimate of drug-likeness (QED) is 0.224. The van der Waals surface area contributed by atoms with E-state index >= 15 is 0 Å². The maximum Gasteiger partial charge on any atom is 0.0252 e. The van der Waals surface area contributed by atoms with E-state index in [1.165, 1.54) is 53.6 Å². The monoisotopic (exact) mass is 482 g/mol. The highest BCUT2D eigenvalue weighted by atomic mass is 79.9. The Balaban J connectivity index is 1.77. The number of hydrogen-bond donors (Lipinski definition) is 0. The molecule has 0 radical (unpaired) electrons. The molecule has 0 aliphatic rings. The van der Waals surface area contributed by atoms with Gasteiger partial charge in [-0.05, 0) is 74.9 Å². The maximum atomic E-state index is 3.77. The van der Waals surface area contributed by atoms with Crippen LogP contribution in [0.3, 0.4) is 0 Å². The molecule has 1 unspecified atom stereocenters. The van der Waals surface area contributed by atoms with Crippen LogP contribution in [-0.2, 0) is 6.16 Å². The molecule has 0 fully saturated rings. The van der Waals surface area contributed by atoms with E-state index in [0.717, 1.165) is 6.16 Å². The number of halogens is 1. The summed E-state index contributed by atoms with van der Waals surface area (Å²) in [6.07, 6.45) is 1.06. The minimum atomic E-state index is -0.334. The topological polar surface area (TPSA) is 0 Å². The van der Waals surface area contributed by atoms with Gasteiger partial charge in [-0.2, -0.15) is 0 Å². The summed E-state index contributed by atoms with van der Waals surface area (Å²) >= 11 is 3.77. The van der Waals surface area contributed by atoms with Gasteiger partial charge in [-0.15, -0.1) is 0 Å². The van der Waals surface area contributed by atoms with Crippen molar-refractivity contribution in [3.05, 3.63) is 113 Å². The lowest BCUT2D eigenvalue weighted by Crippen LogP contribution is -2.04. The summed E-state index contributed by atoms with van der Waals surface area (Å²) in [7, 11) is -0.334. The molecule has 0 spiro atoms. The Labute approximate surface area is 193 Å². The zero-order valence-electron chi connectivity index (χ0n) is 17.8. The Hall–Kier alpha value is -2.47. The third-order valence-electron chi connectivity index (χ3n) is 6.07. The van der Waals surface area contributed by atoms with Crippen molar-refractivity contribution in [1.82, 2.24) is 0 Å². The fraction of sp³-hybridized carbons (Fsp3) is 0.103. The van der Waals surface area contributed by atoms with Crippen LogP contribution in [-0.4, -0.2) is 6.66 Å². The molecule has 0 saturated heterocycles. The van der Waals surface area contributed by atoms with Crippen LogP contribution in [0.15, 0.2) is 102 Å². The largest absolute Gasteiger partial charge is 0.0728 e. The predicted octanol–water partition coefficient (Wildman–Crippen LogP) is 8.67. The van der Waals surface area contributed by atoms with Crippen molar-refractivity contribution in [2.24, 2.45) is 0 Å². The first kappa shape index (κ1) is 20.4. The second kappa shape index (κ2) is 8.58. The molecular formula is C29H24BrP. The molecule has 0 heterocycles. The fourth-order valence-corrected chi connectivity index (χ4v) is 7.48. The molecule has 152 valence electrons. The summed E-state index contributed by atoms with van der Waals surface area (Å²) in [5, 5.41) is 6.70. The Morgan fingerprint density at radius 3 is 1.94 bits per heavy atom.